The summed E-state index contributed by atoms with van der Waals surface area (Å²) < 4.78 is 4.94. The Morgan fingerprint density at radius 3 is 2.44 bits per heavy atom. The maximum Gasteiger partial charge on any atom is 0.322 e. The molecule has 1 atom stereocenters. The van der Waals surface area contributed by atoms with E-state index in [-0.39, 0.29) is 17.4 Å². The third kappa shape index (κ3) is 6.80. The molecule has 16 heavy (non-hydrogen) atoms. The van der Waals surface area contributed by atoms with Gasteiger partial charge in [-0.15, -0.1) is 0 Å². The van der Waals surface area contributed by atoms with Crippen LogP contribution in [0.3, 0.4) is 0 Å². The van der Waals surface area contributed by atoms with Gasteiger partial charge in [0.05, 0.1) is 6.61 Å². The van der Waals surface area contributed by atoms with Crippen LogP contribution in [0.1, 0.15) is 27.7 Å². The number of hydrogen-bond donors (Lipinski definition) is 1. The molecule has 0 aliphatic carbocycles. The summed E-state index contributed by atoms with van der Waals surface area (Å²) in [5.41, 5.74) is 0.143. The van der Waals surface area contributed by atoms with Gasteiger partial charge in [-0.1, -0.05) is 13.8 Å². The lowest BCUT2D eigenvalue weighted by Gasteiger charge is -2.29. The van der Waals surface area contributed by atoms with Gasteiger partial charge in [-0.3, -0.25) is 4.79 Å². The Hall–Kier alpha value is -0.610. The van der Waals surface area contributed by atoms with Gasteiger partial charge in [-0.2, -0.15) is 0 Å². The average molecular weight is 230 g/mol. The molecule has 0 spiro atoms. The highest BCUT2D eigenvalue weighted by Gasteiger charge is 2.21. The molecule has 0 heterocycles. The highest BCUT2D eigenvalue weighted by molar-refractivity contribution is 5.75. The number of carbonyl (C=O) groups excluding carboxylic acids is 1. The van der Waals surface area contributed by atoms with E-state index in [1.54, 1.807) is 0 Å². The number of esters is 1. The first-order chi connectivity index (χ1) is 7.28. The average Bonchev–Trinajstić information content (AvgIpc) is 2.12. The Kier molecular flexibility index (Phi) is 6.60. The molecule has 4 heteroatoms. The fraction of sp³-hybridized carbons (Fsp3) is 0.917. The lowest BCUT2D eigenvalue weighted by molar-refractivity contribution is -0.145. The van der Waals surface area contributed by atoms with E-state index in [1.807, 2.05) is 13.8 Å². The molecule has 1 N–H and O–H groups in total. The van der Waals surface area contributed by atoms with Crippen LogP contribution in [0.4, 0.5) is 0 Å². The van der Waals surface area contributed by atoms with Gasteiger partial charge in [-0.25, -0.2) is 0 Å². The molecule has 0 rings (SSSR count). The SMILES string of the molecule is CCOC(=O)C(C)NCC(C)(C)CN(C)C. The van der Waals surface area contributed by atoms with Gasteiger partial charge in [0.1, 0.15) is 6.04 Å². The lowest BCUT2D eigenvalue weighted by atomic mass is 9.92. The largest absolute Gasteiger partial charge is 0.465 e. The Labute approximate surface area is 99.3 Å². The second kappa shape index (κ2) is 6.86. The van der Waals surface area contributed by atoms with E-state index >= 15 is 0 Å². The summed E-state index contributed by atoms with van der Waals surface area (Å²) in [6.07, 6.45) is 0. The Morgan fingerprint density at radius 1 is 1.44 bits per heavy atom. The third-order valence-electron chi connectivity index (χ3n) is 2.27. The predicted octanol–water partition coefficient (Wildman–Crippen LogP) is 1.12. The van der Waals surface area contributed by atoms with Gasteiger partial charge in [0, 0.05) is 13.1 Å². The van der Waals surface area contributed by atoms with E-state index in [0.717, 1.165) is 13.1 Å². The van der Waals surface area contributed by atoms with Crippen LogP contribution in [0.15, 0.2) is 0 Å². The Morgan fingerprint density at radius 2 is 2.00 bits per heavy atom. The van der Waals surface area contributed by atoms with Crippen molar-refractivity contribution >= 4 is 5.97 Å². The highest BCUT2D eigenvalue weighted by atomic mass is 16.5. The van der Waals surface area contributed by atoms with E-state index in [0.29, 0.717) is 6.61 Å². The quantitative estimate of drug-likeness (QED) is 0.665. The van der Waals surface area contributed by atoms with Gasteiger partial charge in [0.25, 0.3) is 0 Å². The molecule has 0 aromatic heterocycles. The molecule has 0 amide bonds. The second-order valence-electron chi connectivity index (χ2n) is 5.26. The van der Waals surface area contributed by atoms with Crippen LogP contribution in [0.2, 0.25) is 0 Å². The first-order valence-electron chi connectivity index (χ1n) is 5.83. The van der Waals surface area contributed by atoms with E-state index in [1.165, 1.54) is 0 Å². The highest BCUT2D eigenvalue weighted by Crippen LogP contribution is 2.14. The summed E-state index contributed by atoms with van der Waals surface area (Å²) in [6.45, 7) is 10.2. The monoisotopic (exact) mass is 230 g/mol. The topological polar surface area (TPSA) is 41.6 Å². The Balaban J connectivity index is 3.98. The minimum Gasteiger partial charge on any atom is -0.465 e. The number of rotatable bonds is 7. The van der Waals surface area contributed by atoms with Gasteiger partial charge in [-0.05, 0) is 33.4 Å². The zero-order valence-corrected chi connectivity index (χ0v) is 11.5. The van der Waals surface area contributed by atoms with E-state index in [4.69, 9.17) is 4.74 Å². The summed E-state index contributed by atoms with van der Waals surface area (Å²) >= 11 is 0. The molecule has 0 aliphatic heterocycles. The molecule has 0 saturated heterocycles. The molecule has 1 unspecified atom stereocenters. The Bertz CT molecular complexity index is 215. The van der Waals surface area contributed by atoms with Crippen molar-refractivity contribution in [3.63, 3.8) is 0 Å². The van der Waals surface area contributed by atoms with Crippen LogP contribution in [-0.2, 0) is 9.53 Å². The van der Waals surface area contributed by atoms with Crippen molar-refractivity contribution in [3.8, 4) is 0 Å². The number of hydrogen-bond acceptors (Lipinski definition) is 4. The fourth-order valence-electron chi connectivity index (χ4n) is 1.69. The first-order valence-corrected chi connectivity index (χ1v) is 5.83. The molecule has 0 radical (unpaired) electrons. The molecule has 0 bridgehead atoms. The van der Waals surface area contributed by atoms with Gasteiger partial charge in [0.15, 0.2) is 0 Å². The standard InChI is InChI=1S/C12H26N2O2/c1-7-16-11(15)10(2)13-8-12(3,4)9-14(5)6/h10,13H,7-9H2,1-6H3. The van der Waals surface area contributed by atoms with Crippen molar-refractivity contribution < 1.29 is 9.53 Å². The number of nitrogens with zero attached hydrogens (tertiary/aromatic N) is 1. The normalized spacial score (nSPS) is 13.9. The lowest BCUT2D eigenvalue weighted by Crippen LogP contribution is -2.44. The molecule has 0 aromatic carbocycles. The van der Waals surface area contributed by atoms with Crippen molar-refractivity contribution in [2.75, 3.05) is 33.8 Å². The second-order valence-corrected chi connectivity index (χ2v) is 5.26. The number of carbonyl (C=O) groups is 1. The van der Waals surface area contributed by atoms with Crippen molar-refractivity contribution in [1.82, 2.24) is 10.2 Å². The zero-order valence-electron chi connectivity index (χ0n) is 11.5. The molecule has 4 nitrogen and oxygen atoms in total. The van der Waals surface area contributed by atoms with Crippen LogP contribution >= 0.6 is 0 Å². The van der Waals surface area contributed by atoms with Crippen LogP contribution in [-0.4, -0.2) is 50.7 Å². The van der Waals surface area contributed by atoms with Gasteiger partial charge in [0.2, 0.25) is 0 Å². The molecular formula is C12H26N2O2. The van der Waals surface area contributed by atoms with Crippen LogP contribution in [0, 0.1) is 5.41 Å². The van der Waals surface area contributed by atoms with Gasteiger partial charge >= 0.3 is 5.97 Å². The van der Waals surface area contributed by atoms with Crippen LogP contribution in [0.25, 0.3) is 0 Å². The molecule has 0 saturated carbocycles. The molecule has 0 fully saturated rings. The number of ether oxygens (including phenoxy) is 1. The summed E-state index contributed by atoms with van der Waals surface area (Å²) in [7, 11) is 4.10. The van der Waals surface area contributed by atoms with E-state index in [2.05, 4.69) is 38.2 Å². The van der Waals surface area contributed by atoms with Crippen molar-refractivity contribution in [3.05, 3.63) is 0 Å². The summed E-state index contributed by atoms with van der Waals surface area (Å²) in [4.78, 5) is 13.5. The van der Waals surface area contributed by atoms with Crippen molar-refractivity contribution in [2.24, 2.45) is 5.41 Å². The van der Waals surface area contributed by atoms with Crippen molar-refractivity contribution in [2.45, 2.75) is 33.7 Å². The van der Waals surface area contributed by atoms with Crippen molar-refractivity contribution in [1.29, 1.82) is 0 Å². The van der Waals surface area contributed by atoms with E-state index < -0.39 is 0 Å². The zero-order chi connectivity index (χ0) is 12.8. The van der Waals surface area contributed by atoms with Crippen LogP contribution in [0.5, 0.6) is 0 Å². The number of nitrogens with one attached hydrogen (secondary N) is 1. The minimum absolute atomic E-state index is 0.143. The molecular weight excluding hydrogens is 204 g/mol. The van der Waals surface area contributed by atoms with Gasteiger partial charge < -0.3 is 15.0 Å². The smallest absolute Gasteiger partial charge is 0.322 e. The summed E-state index contributed by atoms with van der Waals surface area (Å²) in [5, 5.41) is 3.21. The maximum absolute atomic E-state index is 11.4. The molecule has 0 aromatic rings. The predicted molar refractivity (Wildman–Crippen MR) is 66.4 cm³/mol. The summed E-state index contributed by atoms with van der Waals surface area (Å²) in [6, 6.07) is -0.235. The first kappa shape index (κ1) is 15.4. The minimum atomic E-state index is -0.235. The molecule has 96 valence electrons. The van der Waals surface area contributed by atoms with E-state index in [9.17, 15) is 4.79 Å². The fourth-order valence-corrected chi connectivity index (χ4v) is 1.69. The maximum atomic E-state index is 11.4. The summed E-state index contributed by atoms with van der Waals surface area (Å²) in [5.74, 6) is -0.178. The third-order valence-corrected chi connectivity index (χ3v) is 2.27. The van der Waals surface area contributed by atoms with Crippen LogP contribution < -0.4 is 5.32 Å². The molecule has 0 aliphatic rings.